The highest BCUT2D eigenvalue weighted by Crippen LogP contribution is 2.29. The predicted octanol–water partition coefficient (Wildman–Crippen LogP) is 4.31. The molecule has 0 radical (unpaired) electrons. The summed E-state index contributed by atoms with van der Waals surface area (Å²) in [4.78, 5) is 31.6. The van der Waals surface area contributed by atoms with E-state index in [2.05, 4.69) is 10.3 Å². The quantitative estimate of drug-likeness (QED) is 0.566. The first-order valence-corrected chi connectivity index (χ1v) is 11.4. The van der Waals surface area contributed by atoms with Gasteiger partial charge in [0, 0.05) is 29.5 Å². The summed E-state index contributed by atoms with van der Waals surface area (Å²) in [6.07, 6.45) is 3.68. The molecule has 1 unspecified atom stereocenters. The second-order valence-electron chi connectivity index (χ2n) is 7.59. The molecular weight excluding hydrogens is 438 g/mol. The maximum Gasteiger partial charge on any atom is 0.262 e. The number of nitrogens with one attached hydrogen (secondary N) is 1. The Balaban J connectivity index is 1.42. The van der Waals surface area contributed by atoms with Gasteiger partial charge in [-0.15, -0.1) is 11.3 Å². The van der Waals surface area contributed by atoms with Crippen LogP contribution in [0, 0.1) is 13.8 Å². The molecule has 1 N–H and O–H groups in total. The average molecular weight is 462 g/mol. The largest absolute Gasteiger partial charge is 0.489 e. The van der Waals surface area contributed by atoms with E-state index in [1.165, 1.54) is 22.2 Å². The Morgan fingerprint density at radius 1 is 1.42 bits per heavy atom. The Bertz CT molecular complexity index is 1170. The van der Waals surface area contributed by atoms with Crippen LogP contribution in [0.2, 0.25) is 5.02 Å². The van der Waals surface area contributed by atoms with Gasteiger partial charge in [-0.3, -0.25) is 14.2 Å². The first-order valence-electron chi connectivity index (χ1n) is 10.2. The SMILES string of the molecule is Cc1sc2ncn(CCC(=O)Nc3cc(Cl)ccc3OCC3CCCO3)c(=O)c2c1C. The van der Waals surface area contributed by atoms with Gasteiger partial charge in [0.05, 0.1) is 23.5 Å². The van der Waals surface area contributed by atoms with Crippen molar-refractivity contribution in [2.75, 3.05) is 18.5 Å². The van der Waals surface area contributed by atoms with Crippen molar-refractivity contribution in [2.45, 2.75) is 45.8 Å². The second-order valence-corrected chi connectivity index (χ2v) is 9.23. The van der Waals surface area contributed by atoms with Crippen LogP contribution in [-0.4, -0.2) is 34.8 Å². The third-order valence-corrected chi connectivity index (χ3v) is 6.75. The number of carbonyl (C=O) groups is 1. The topological polar surface area (TPSA) is 82.5 Å². The number of fused-ring (bicyclic) bond motifs is 1. The van der Waals surface area contributed by atoms with E-state index in [1.807, 2.05) is 13.8 Å². The van der Waals surface area contributed by atoms with Crippen LogP contribution in [-0.2, 0) is 16.1 Å². The van der Waals surface area contributed by atoms with E-state index in [0.29, 0.717) is 28.5 Å². The molecule has 1 aromatic carbocycles. The molecule has 9 heteroatoms. The van der Waals surface area contributed by atoms with Crippen LogP contribution in [0.5, 0.6) is 5.75 Å². The minimum atomic E-state index is -0.241. The first kappa shape index (κ1) is 21.8. The monoisotopic (exact) mass is 461 g/mol. The molecule has 1 aliphatic heterocycles. The molecule has 1 fully saturated rings. The number of ether oxygens (including phenoxy) is 2. The number of carbonyl (C=O) groups excluding carboxylic acids is 1. The normalized spacial score (nSPS) is 16.0. The van der Waals surface area contributed by atoms with E-state index in [1.54, 1.807) is 18.2 Å². The lowest BCUT2D eigenvalue weighted by Crippen LogP contribution is -2.24. The number of hydrogen-bond donors (Lipinski definition) is 1. The molecule has 1 atom stereocenters. The van der Waals surface area contributed by atoms with Crippen LogP contribution in [0.4, 0.5) is 5.69 Å². The fourth-order valence-electron chi connectivity index (χ4n) is 3.55. The fraction of sp³-hybridized carbons (Fsp3) is 0.409. The van der Waals surface area contributed by atoms with E-state index < -0.39 is 0 Å². The maximum absolute atomic E-state index is 12.8. The summed E-state index contributed by atoms with van der Waals surface area (Å²) in [5.41, 5.74) is 1.33. The number of aromatic nitrogens is 2. The van der Waals surface area contributed by atoms with Crippen molar-refractivity contribution < 1.29 is 14.3 Å². The summed E-state index contributed by atoms with van der Waals surface area (Å²) in [5, 5.41) is 3.97. The Morgan fingerprint density at radius 3 is 3.03 bits per heavy atom. The Morgan fingerprint density at radius 2 is 2.26 bits per heavy atom. The Labute approximate surface area is 189 Å². The van der Waals surface area contributed by atoms with Gasteiger partial charge in [-0.05, 0) is 50.5 Å². The average Bonchev–Trinajstić information content (AvgIpc) is 3.35. The van der Waals surface area contributed by atoms with Gasteiger partial charge in [0.25, 0.3) is 5.56 Å². The number of rotatable bonds is 7. The Kier molecular flexibility index (Phi) is 6.60. The van der Waals surface area contributed by atoms with E-state index >= 15 is 0 Å². The van der Waals surface area contributed by atoms with Gasteiger partial charge in [-0.1, -0.05) is 11.6 Å². The van der Waals surface area contributed by atoms with E-state index in [-0.39, 0.29) is 30.5 Å². The highest BCUT2D eigenvalue weighted by Gasteiger charge is 2.18. The second kappa shape index (κ2) is 9.38. The first-order chi connectivity index (χ1) is 14.9. The third kappa shape index (κ3) is 4.92. The lowest BCUT2D eigenvalue weighted by Gasteiger charge is -2.15. The van der Waals surface area contributed by atoms with Crippen molar-refractivity contribution >= 4 is 44.7 Å². The van der Waals surface area contributed by atoms with Crippen LogP contribution < -0.4 is 15.6 Å². The molecule has 3 heterocycles. The van der Waals surface area contributed by atoms with Crippen LogP contribution >= 0.6 is 22.9 Å². The van der Waals surface area contributed by atoms with Crippen molar-refractivity contribution in [1.82, 2.24) is 9.55 Å². The molecule has 164 valence electrons. The molecule has 2 aromatic heterocycles. The molecular formula is C22H24ClN3O4S. The number of nitrogens with zero attached hydrogens (tertiary/aromatic N) is 2. The van der Waals surface area contributed by atoms with Gasteiger partial charge < -0.3 is 14.8 Å². The Hall–Kier alpha value is -2.42. The molecule has 0 aliphatic carbocycles. The third-order valence-electron chi connectivity index (χ3n) is 5.40. The van der Waals surface area contributed by atoms with E-state index in [0.717, 1.165) is 34.7 Å². The minimum absolute atomic E-state index is 0.0673. The van der Waals surface area contributed by atoms with Gasteiger partial charge >= 0.3 is 0 Å². The molecule has 0 spiro atoms. The molecule has 31 heavy (non-hydrogen) atoms. The number of thiophene rings is 1. The molecule has 0 bridgehead atoms. The molecule has 0 saturated carbocycles. The van der Waals surface area contributed by atoms with Gasteiger partial charge in [-0.25, -0.2) is 4.98 Å². The number of benzene rings is 1. The summed E-state index contributed by atoms with van der Waals surface area (Å²) < 4.78 is 12.9. The van der Waals surface area contributed by atoms with Crippen LogP contribution in [0.25, 0.3) is 10.2 Å². The molecule has 1 aliphatic rings. The number of halogens is 1. The molecule has 3 aromatic rings. The summed E-state index contributed by atoms with van der Waals surface area (Å²) in [6.45, 7) is 5.30. The van der Waals surface area contributed by atoms with Gasteiger partial charge in [0.15, 0.2) is 0 Å². The summed E-state index contributed by atoms with van der Waals surface area (Å²) >= 11 is 7.61. The zero-order chi connectivity index (χ0) is 22.0. The predicted molar refractivity (Wildman–Crippen MR) is 123 cm³/mol. The van der Waals surface area contributed by atoms with E-state index in [4.69, 9.17) is 21.1 Å². The number of amides is 1. The maximum atomic E-state index is 12.8. The van der Waals surface area contributed by atoms with E-state index in [9.17, 15) is 9.59 Å². The summed E-state index contributed by atoms with van der Waals surface area (Å²) in [5.74, 6) is 0.298. The highest BCUT2D eigenvalue weighted by atomic mass is 35.5. The van der Waals surface area contributed by atoms with Gasteiger partial charge in [-0.2, -0.15) is 0 Å². The van der Waals surface area contributed by atoms with Crippen molar-refractivity contribution in [3.63, 3.8) is 0 Å². The van der Waals surface area contributed by atoms with Crippen LogP contribution in [0.3, 0.4) is 0 Å². The van der Waals surface area contributed by atoms with Crippen molar-refractivity contribution in [3.05, 3.63) is 50.3 Å². The van der Waals surface area contributed by atoms with Crippen molar-refractivity contribution in [3.8, 4) is 5.75 Å². The lowest BCUT2D eigenvalue weighted by atomic mass is 10.2. The molecule has 1 amide bonds. The van der Waals surface area contributed by atoms with Crippen molar-refractivity contribution in [1.29, 1.82) is 0 Å². The van der Waals surface area contributed by atoms with Gasteiger partial charge in [0.1, 0.15) is 17.2 Å². The zero-order valence-corrected chi connectivity index (χ0v) is 19.0. The highest BCUT2D eigenvalue weighted by molar-refractivity contribution is 7.18. The zero-order valence-electron chi connectivity index (χ0n) is 17.4. The smallest absolute Gasteiger partial charge is 0.262 e. The molecule has 4 rings (SSSR count). The standard InChI is InChI=1S/C22H24ClN3O4S/c1-13-14(2)31-21-20(13)22(28)26(12-24-21)8-7-19(27)25-17-10-15(23)5-6-18(17)30-11-16-4-3-9-29-16/h5-6,10,12,16H,3-4,7-9,11H2,1-2H3,(H,25,27). The van der Waals surface area contributed by atoms with Crippen molar-refractivity contribution in [2.24, 2.45) is 0 Å². The van der Waals surface area contributed by atoms with Crippen LogP contribution in [0.15, 0.2) is 29.3 Å². The molecule has 7 nitrogen and oxygen atoms in total. The number of aryl methyl sites for hydroxylation is 3. The summed E-state index contributed by atoms with van der Waals surface area (Å²) in [7, 11) is 0. The van der Waals surface area contributed by atoms with Gasteiger partial charge in [0.2, 0.25) is 5.91 Å². The lowest BCUT2D eigenvalue weighted by molar-refractivity contribution is -0.116. The summed E-state index contributed by atoms with van der Waals surface area (Å²) in [6, 6.07) is 5.10. The minimum Gasteiger partial charge on any atom is -0.489 e. The number of anilines is 1. The number of hydrogen-bond acceptors (Lipinski definition) is 6. The van der Waals surface area contributed by atoms with Crippen LogP contribution in [0.1, 0.15) is 29.7 Å². The molecule has 1 saturated heterocycles. The fourth-order valence-corrected chi connectivity index (χ4v) is 4.71.